The second-order valence-electron chi connectivity index (χ2n) is 9.12. The molecule has 32 heavy (non-hydrogen) atoms. The topological polar surface area (TPSA) is 107 Å². The van der Waals surface area contributed by atoms with Crippen LogP contribution in [-0.4, -0.2) is 49.2 Å². The van der Waals surface area contributed by atoms with Gasteiger partial charge in [-0.25, -0.2) is 9.59 Å². The molecule has 0 amide bonds. The number of alkyl halides is 4. The average molecular weight is 696 g/mol. The van der Waals surface area contributed by atoms with E-state index in [1.807, 2.05) is 0 Å². The minimum atomic E-state index is -5.75. The number of esters is 2. The molecule has 5 rings (SSSR count). The van der Waals surface area contributed by atoms with Crippen LogP contribution in [0.5, 0.6) is 0 Å². The minimum Gasteiger partial charge on any atom is -0.455 e. The lowest BCUT2D eigenvalue weighted by atomic mass is 9.54. The fourth-order valence-corrected chi connectivity index (χ4v) is 10.7. The van der Waals surface area contributed by atoms with Crippen LogP contribution in [0.25, 0.3) is 0 Å². The number of benzene rings is 1. The standard InChI is InChI=1S/C20H20F2I2O7S/c21-20(22,32(27,28)29)11-30-15(25)13-3-1-2-4-14(13)16(26)31-19-7-12-5-17(23,9-19)8-18(24,6-12)10-19/h1-4,12H,5-11H2,(H,27,28,29). The quantitative estimate of drug-likeness (QED) is 0.201. The maximum Gasteiger partial charge on any atom is 0.402 e. The number of hydrogen-bond donors (Lipinski definition) is 1. The SMILES string of the molecule is O=C(OCC(F)(F)S(=O)(=O)O)c1ccccc1C(=O)OC12CC3CC(I)(CC(I)(C3)C1)C2. The van der Waals surface area contributed by atoms with Gasteiger partial charge in [0.15, 0.2) is 6.61 Å². The van der Waals surface area contributed by atoms with Crippen molar-refractivity contribution in [1.82, 2.24) is 0 Å². The molecule has 1 N–H and O–H groups in total. The van der Waals surface area contributed by atoms with Crippen molar-refractivity contribution in [3.63, 3.8) is 0 Å². The monoisotopic (exact) mass is 696 g/mol. The molecule has 4 bridgehead atoms. The van der Waals surface area contributed by atoms with Crippen LogP contribution in [0.2, 0.25) is 0 Å². The summed E-state index contributed by atoms with van der Waals surface area (Å²) >= 11 is 4.96. The predicted molar refractivity (Wildman–Crippen MR) is 126 cm³/mol. The Morgan fingerprint density at radius 2 is 1.56 bits per heavy atom. The van der Waals surface area contributed by atoms with Gasteiger partial charge >= 0.3 is 27.3 Å². The van der Waals surface area contributed by atoms with Crippen LogP contribution in [0, 0.1) is 5.92 Å². The molecule has 1 aromatic rings. The first-order valence-corrected chi connectivity index (χ1v) is 13.5. The first kappa shape index (κ1) is 24.5. The summed E-state index contributed by atoms with van der Waals surface area (Å²) in [5.74, 6) is -1.61. The molecule has 176 valence electrons. The summed E-state index contributed by atoms with van der Waals surface area (Å²) in [7, 11) is -5.75. The maximum atomic E-state index is 13.4. The van der Waals surface area contributed by atoms with E-state index in [0.717, 1.165) is 38.5 Å². The van der Waals surface area contributed by atoms with Gasteiger partial charge in [0.25, 0.3) is 0 Å². The van der Waals surface area contributed by atoms with Crippen molar-refractivity contribution < 1.29 is 40.8 Å². The molecule has 2 atom stereocenters. The second kappa shape index (κ2) is 7.97. The van der Waals surface area contributed by atoms with Crippen LogP contribution in [0.15, 0.2) is 24.3 Å². The Hall–Kier alpha value is -0.610. The van der Waals surface area contributed by atoms with E-state index >= 15 is 0 Å². The van der Waals surface area contributed by atoms with E-state index in [0.29, 0.717) is 5.92 Å². The van der Waals surface area contributed by atoms with Gasteiger partial charge in [0.2, 0.25) is 0 Å². The van der Waals surface area contributed by atoms with Gasteiger partial charge in [0.1, 0.15) is 5.60 Å². The highest BCUT2D eigenvalue weighted by atomic mass is 127. The summed E-state index contributed by atoms with van der Waals surface area (Å²) in [6.45, 7) is -1.88. The molecule has 4 aliphatic carbocycles. The Labute approximate surface area is 211 Å². The van der Waals surface area contributed by atoms with Crippen molar-refractivity contribution in [3.8, 4) is 0 Å². The Bertz CT molecular complexity index is 1060. The third kappa shape index (κ3) is 4.65. The van der Waals surface area contributed by atoms with Crippen molar-refractivity contribution in [3.05, 3.63) is 35.4 Å². The van der Waals surface area contributed by atoms with Gasteiger partial charge in [-0.1, -0.05) is 57.3 Å². The number of ether oxygens (including phenoxy) is 2. The summed E-state index contributed by atoms with van der Waals surface area (Å²) in [5.41, 5.74) is -1.11. The van der Waals surface area contributed by atoms with Gasteiger partial charge in [-0.3, -0.25) is 4.55 Å². The first-order valence-electron chi connectivity index (χ1n) is 9.87. The van der Waals surface area contributed by atoms with E-state index in [1.54, 1.807) is 0 Å². The summed E-state index contributed by atoms with van der Waals surface area (Å²) in [5, 5.41) is -4.67. The smallest absolute Gasteiger partial charge is 0.402 e. The fraction of sp³-hybridized carbons (Fsp3) is 0.600. The van der Waals surface area contributed by atoms with Gasteiger partial charge in [-0.15, -0.1) is 0 Å². The Morgan fingerprint density at radius 1 is 1.03 bits per heavy atom. The van der Waals surface area contributed by atoms with E-state index in [4.69, 9.17) is 9.29 Å². The number of hydrogen-bond acceptors (Lipinski definition) is 6. The summed E-state index contributed by atoms with van der Waals surface area (Å²) in [6, 6.07) is 5.46. The lowest BCUT2D eigenvalue weighted by molar-refractivity contribution is -0.107. The largest absolute Gasteiger partial charge is 0.455 e. The van der Waals surface area contributed by atoms with E-state index in [-0.39, 0.29) is 18.0 Å². The van der Waals surface area contributed by atoms with Gasteiger partial charge < -0.3 is 9.47 Å². The number of rotatable bonds is 6. The van der Waals surface area contributed by atoms with Gasteiger partial charge in [0.05, 0.1) is 11.1 Å². The van der Waals surface area contributed by atoms with Crippen LogP contribution in [0.4, 0.5) is 8.78 Å². The molecule has 0 aliphatic heterocycles. The van der Waals surface area contributed by atoms with Crippen molar-refractivity contribution in [2.24, 2.45) is 5.92 Å². The van der Waals surface area contributed by atoms with Gasteiger partial charge in [-0.2, -0.15) is 17.2 Å². The number of halogens is 4. The minimum absolute atomic E-state index is 0.0540. The van der Waals surface area contributed by atoms with E-state index < -0.39 is 39.5 Å². The molecule has 0 radical (unpaired) electrons. The molecule has 7 nitrogen and oxygen atoms in total. The lowest BCUT2D eigenvalue weighted by Gasteiger charge is -2.62. The molecule has 4 aliphatic rings. The number of carbonyl (C=O) groups is 2. The fourth-order valence-electron chi connectivity index (χ4n) is 5.63. The van der Waals surface area contributed by atoms with Crippen LogP contribution >= 0.6 is 45.2 Å². The van der Waals surface area contributed by atoms with Gasteiger partial charge in [-0.05, 0) is 43.7 Å². The molecule has 12 heteroatoms. The maximum absolute atomic E-state index is 13.4. The average Bonchev–Trinajstić information content (AvgIpc) is 2.62. The van der Waals surface area contributed by atoms with Crippen LogP contribution in [-0.2, 0) is 19.6 Å². The second-order valence-corrected chi connectivity index (χ2v) is 15.2. The molecule has 4 saturated carbocycles. The van der Waals surface area contributed by atoms with Crippen molar-refractivity contribution in [1.29, 1.82) is 0 Å². The van der Waals surface area contributed by atoms with Crippen LogP contribution < -0.4 is 0 Å². The van der Waals surface area contributed by atoms with Crippen molar-refractivity contribution >= 4 is 67.2 Å². The Kier molecular flexibility index (Phi) is 6.11. The van der Waals surface area contributed by atoms with E-state index in [2.05, 4.69) is 49.9 Å². The van der Waals surface area contributed by atoms with E-state index in [1.165, 1.54) is 24.3 Å². The summed E-state index contributed by atoms with van der Waals surface area (Å²) in [4.78, 5) is 25.5. The van der Waals surface area contributed by atoms with Crippen molar-refractivity contribution in [2.75, 3.05) is 6.61 Å². The van der Waals surface area contributed by atoms with E-state index in [9.17, 15) is 26.8 Å². The molecule has 4 fully saturated rings. The van der Waals surface area contributed by atoms with Crippen LogP contribution in [0.1, 0.15) is 59.2 Å². The lowest BCUT2D eigenvalue weighted by Crippen LogP contribution is -2.63. The highest BCUT2D eigenvalue weighted by Crippen LogP contribution is 2.66. The van der Waals surface area contributed by atoms with Gasteiger partial charge in [0, 0.05) is 19.7 Å². The zero-order chi connectivity index (χ0) is 23.6. The summed E-state index contributed by atoms with van der Waals surface area (Å²) < 4.78 is 67.4. The molecule has 2 unspecified atom stereocenters. The third-order valence-corrected chi connectivity index (χ3v) is 9.59. The molecular weight excluding hydrogens is 676 g/mol. The van der Waals surface area contributed by atoms with Crippen LogP contribution in [0.3, 0.4) is 0 Å². The predicted octanol–water partition coefficient (Wildman–Crippen LogP) is 4.56. The highest BCUT2D eigenvalue weighted by molar-refractivity contribution is 14.1. The zero-order valence-electron chi connectivity index (χ0n) is 16.7. The summed E-state index contributed by atoms with van der Waals surface area (Å²) in [6.07, 6.45) is 5.43. The normalized spacial score (nSPS) is 33.7. The zero-order valence-corrected chi connectivity index (χ0v) is 21.8. The van der Waals surface area contributed by atoms with Crippen molar-refractivity contribution in [2.45, 2.75) is 56.2 Å². The molecule has 0 spiro atoms. The molecule has 0 saturated heterocycles. The highest BCUT2D eigenvalue weighted by Gasteiger charge is 2.63. The molecular formula is C20H20F2I2O7S. The Balaban J connectivity index is 1.53. The molecule has 0 heterocycles. The third-order valence-electron chi connectivity index (χ3n) is 6.31. The number of carbonyl (C=O) groups excluding carboxylic acids is 2. The first-order chi connectivity index (χ1) is 14.7. The molecule has 0 aromatic heterocycles. The Morgan fingerprint density at radius 3 is 2.06 bits per heavy atom. The molecule has 1 aromatic carbocycles.